The maximum absolute atomic E-state index is 14.5. The van der Waals surface area contributed by atoms with E-state index in [1.165, 1.54) is 32.6 Å². The summed E-state index contributed by atoms with van der Waals surface area (Å²) < 4.78 is 0. The summed E-state index contributed by atoms with van der Waals surface area (Å²) in [5, 5.41) is 42.8. The Hall–Kier alpha value is -8.18. The standard InChI is InChI=1S/C53H100N22O13/c1-27(2)39(50(87)88)74-47(84)36(19-13-25-65-53(61)62)73-44(81)33(16-8-10-22-55)70-43(80)32(15-7-9-21-54)71-46(83)35(18-12-24-64-52(59)60)72-45(82)34(17-11-23-63-51(57)58)69-42(79)30(5)67-40(77)28(3)66-41(78)29(4)68-48(85)37-20-14-26-75(37)49(86)38(56)31(6)76/h27-39,76H,7-26,54-56H2,1-6H3,(H,66,78)(H,67,77)(H,68,85)(H,69,79)(H,70,80)(H,71,83)(H,72,82)(H,73,81)(H,74,84)(H,87,88)(H4,57,58,63)(H4,59,60,64)(H4,61,62,65)/t28-,29-,30-,31+,32-,33-,34-,35-,36-,37-,38-,39-/m0/s1. The molecule has 0 aromatic carbocycles. The number of aliphatic hydroxyl groups is 1. The molecule has 1 rings (SSSR count). The van der Waals surface area contributed by atoms with Crippen molar-refractivity contribution in [3.8, 4) is 0 Å². The highest BCUT2D eigenvalue weighted by atomic mass is 16.4. The van der Waals surface area contributed by atoms with Crippen LogP contribution in [0.25, 0.3) is 0 Å². The number of hydrogen-bond acceptors (Lipinski definition) is 18. The van der Waals surface area contributed by atoms with Gasteiger partial charge in [-0.05, 0) is 137 Å². The SMILES string of the molecule is CC(C)[C@H](NC(=O)[C@H](CCCN=C(N)N)NC(=O)[C@H](CCCCN)NC(=O)[C@H](CCCCN)NC(=O)[C@H](CCCN=C(N)N)NC(=O)[C@H](CCCN=C(N)N)NC(=O)[C@H](C)NC(=O)[C@H](C)NC(=O)[C@H](C)NC(=O)[C@@H]1CCCN1C(=O)[C@@H](N)[C@@H](C)O)C(=O)O. The Morgan fingerprint density at radius 2 is 0.784 bits per heavy atom. The second-order valence-corrected chi connectivity index (χ2v) is 21.9. The average molecular weight is 1250 g/mol. The average Bonchev–Trinajstić information content (AvgIpc) is 4.18. The topological polar surface area (TPSA) is 611 Å². The van der Waals surface area contributed by atoms with Crippen LogP contribution < -0.4 is 99.5 Å². The second-order valence-electron chi connectivity index (χ2n) is 21.9. The van der Waals surface area contributed by atoms with Crippen molar-refractivity contribution >= 4 is 82.9 Å². The van der Waals surface area contributed by atoms with Crippen molar-refractivity contribution in [2.75, 3.05) is 39.3 Å². The normalized spacial score (nSPS) is 16.5. The van der Waals surface area contributed by atoms with Gasteiger partial charge in [0, 0.05) is 26.2 Å². The van der Waals surface area contributed by atoms with Crippen LogP contribution in [0, 0.1) is 5.92 Å². The first-order valence-corrected chi connectivity index (χ1v) is 29.6. The molecule has 500 valence electrons. The zero-order valence-corrected chi connectivity index (χ0v) is 51.5. The number of aliphatic carboxylic acids is 1. The van der Waals surface area contributed by atoms with Gasteiger partial charge in [0.1, 0.15) is 66.5 Å². The van der Waals surface area contributed by atoms with Crippen LogP contribution in [-0.4, -0.2) is 210 Å². The lowest BCUT2D eigenvalue weighted by Gasteiger charge is -2.28. The van der Waals surface area contributed by atoms with Crippen molar-refractivity contribution in [2.24, 2.45) is 72.5 Å². The van der Waals surface area contributed by atoms with Crippen molar-refractivity contribution in [3.63, 3.8) is 0 Å². The summed E-state index contributed by atoms with van der Waals surface area (Å²) in [6, 6.07) is -14.2. The van der Waals surface area contributed by atoms with Crippen LogP contribution in [0.15, 0.2) is 15.0 Å². The van der Waals surface area contributed by atoms with Gasteiger partial charge in [-0.3, -0.25) is 62.9 Å². The lowest BCUT2D eigenvalue weighted by molar-refractivity contribution is -0.143. The van der Waals surface area contributed by atoms with E-state index < -0.39 is 144 Å². The van der Waals surface area contributed by atoms with Gasteiger partial charge < -0.3 is 115 Å². The van der Waals surface area contributed by atoms with Crippen molar-refractivity contribution < 1.29 is 63.0 Å². The lowest BCUT2D eigenvalue weighted by Crippen LogP contribution is -2.60. The number of hydrogen-bond donors (Lipinski definition) is 20. The molecule has 10 amide bonds. The van der Waals surface area contributed by atoms with Crippen LogP contribution >= 0.6 is 0 Å². The molecular weight excluding hydrogens is 1150 g/mol. The number of nitrogens with one attached hydrogen (secondary N) is 9. The molecule has 0 saturated carbocycles. The maximum atomic E-state index is 14.5. The summed E-state index contributed by atoms with van der Waals surface area (Å²) in [6.07, 6.45) is 1.11. The first-order chi connectivity index (χ1) is 41.4. The van der Waals surface area contributed by atoms with Gasteiger partial charge >= 0.3 is 5.97 Å². The summed E-state index contributed by atoms with van der Waals surface area (Å²) in [7, 11) is 0. The van der Waals surface area contributed by atoms with Gasteiger partial charge in [0.05, 0.1) is 6.10 Å². The van der Waals surface area contributed by atoms with Crippen molar-refractivity contribution in [3.05, 3.63) is 0 Å². The molecule has 29 N–H and O–H groups in total. The summed E-state index contributed by atoms with van der Waals surface area (Å²) in [5.41, 5.74) is 50.4. The van der Waals surface area contributed by atoms with E-state index in [0.717, 1.165) is 0 Å². The first-order valence-electron chi connectivity index (χ1n) is 29.6. The highest BCUT2D eigenvalue weighted by molar-refractivity contribution is 5.99. The van der Waals surface area contributed by atoms with Crippen LogP contribution in [0.3, 0.4) is 0 Å². The number of carbonyl (C=O) groups is 11. The van der Waals surface area contributed by atoms with Gasteiger partial charge in [-0.1, -0.05) is 13.8 Å². The summed E-state index contributed by atoms with van der Waals surface area (Å²) in [4.78, 5) is 162. The number of nitrogens with two attached hydrogens (primary N) is 9. The van der Waals surface area contributed by atoms with E-state index in [-0.39, 0.29) is 115 Å². The van der Waals surface area contributed by atoms with Gasteiger partial charge in [0.15, 0.2) is 17.9 Å². The summed E-state index contributed by atoms with van der Waals surface area (Å²) in [5.74, 6) is -10.6. The highest BCUT2D eigenvalue weighted by Gasteiger charge is 2.39. The van der Waals surface area contributed by atoms with E-state index in [1.54, 1.807) is 13.8 Å². The Morgan fingerprint density at radius 1 is 0.466 bits per heavy atom. The van der Waals surface area contributed by atoms with Crippen LogP contribution in [-0.2, 0) is 52.7 Å². The minimum Gasteiger partial charge on any atom is -0.480 e. The number of aliphatic hydroxyl groups excluding tert-OH is 1. The van der Waals surface area contributed by atoms with E-state index in [0.29, 0.717) is 32.1 Å². The quantitative estimate of drug-likeness (QED) is 0.0153. The molecule has 12 atom stereocenters. The van der Waals surface area contributed by atoms with Gasteiger partial charge in [0.2, 0.25) is 59.1 Å². The molecule has 0 spiro atoms. The molecule has 88 heavy (non-hydrogen) atoms. The Labute approximate surface area is 513 Å². The zero-order valence-electron chi connectivity index (χ0n) is 51.5. The summed E-state index contributed by atoms with van der Waals surface area (Å²) in [6.45, 7) is 9.22. The fourth-order valence-electron chi connectivity index (χ4n) is 8.88. The van der Waals surface area contributed by atoms with E-state index >= 15 is 0 Å². The van der Waals surface area contributed by atoms with E-state index in [2.05, 4.69) is 62.8 Å². The fourth-order valence-corrected chi connectivity index (χ4v) is 8.88. The minimum absolute atomic E-state index is 0.00240. The third-order valence-electron chi connectivity index (χ3n) is 14.0. The van der Waals surface area contributed by atoms with Crippen molar-refractivity contribution in [1.82, 2.24) is 52.8 Å². The molecule has 0 unspecified atom stereocenters. The van der Waals surface area contributed by atoms with Gasteiger partial charge in [0.25, 0.3) is 0 Å². The third-order valence-corrected chi connectivity index (χ3v) is 14.0. The molecule has 1 saturated heterocycles. The Bertz CT molecular complexity index is 2400. The Balaban J connectivity index is 3.49. The molecule has 35 heteroatoms. The van der Waals surface area contributed by atoms with Gasteiger partial charge in [-0.25, -0.2) is 4.79 Å². The van der Waals surface area contributed by atoms with Crippen LogP contribution in [0.2, 0.25) is 0 Å². The predicted octanol–water partition coefficient (Wildman–Crippen LogP) is -7.73. The highest BCUT2D eigenvalue weighted by Crippen LogP contribution is 2.19. The molecule has 0 aromatic heterocycles. The number of carbonyl (C=O) groups excluding carboxylic acids is 10. The van der Waals surface area contributed by atoms with Crippen LogP contribution in [0.5, 0.6) is 0 Å². The molecule has 1 fully saturated rings. The number of rotatable bonds is 42. The second kappa shape index (κ2) is 41.1. The molecule has 1 aliphatic heterocycles. The number of amides is 10. The van der Waals surface area contributed by atoms with Crippen molar-refractivity contribution in [1.29, 1.82) is 0 Å². The molecular formula is C53H100N22O13. The predicted molar refractivity (Wildman–Crippen MR) is 327 cm³/mol. The Morgan fingerprint density at radius 3 is 1.10 bits per heavy atom. The van der Waals surface area contributed by atoms with Gasteiger partial charge in [-0.15, -0.1) is 0 Å². The number of nitrogens with zero attached hydrogens (tertiary/aromatic N) is 4. The largest absolute Gasteiger partial charge is 0.480 e. The number of likely N-dealkylation sites (tertiary alicyclic amines) is 1. The molecule has 0 aliphatic carbocycles. The number of carboxylic acid groups (broad SMARTS) is 1. The van der Waals surface area contributed by atoms with Crippen LogP contribution in [0.1, 0.15) is 131 Å². The fraction of sp³-hybridized carbons (Fsp3) is 0.736. The van der Waals surface area contributed by atoms with Crippen LogP contribution in [0.4, 0.5) is 0 Å². The molecule has 0 aromatic rings. The maximum Gasteiger partial charge on any atom is 0.326 e. The lowest BCUT2D eigenvalue weighted by atomic mass is 10.0. The smallest absolute Gasteiger partial charge is 0.326 e. The molecule has 1 heterocycles. The zero-order chi connectivity index (χ0) is 66.8. The molecule has 0 radical (unpaired) electrons. The monoisotopic (exact) mass is 1250 g/mol. The number of unbranched alkanes of at least 4 members (excludes halogenated alkanes) is 2. The van der Waals surface area contributed by atoms with E-state index in [4.69, 9.17) is 51.6 Å². The van der Waals surface area contributed by atoms with E-state index in [9.17, 15) is 63.0 Å². The molecule has 0 bridgehead atoms. The first kappa shape index (κ1) is 77.8. The number of carboxylic acids is 1. The summed E-state index contributed by atoms with van der Waals surface area (Å²) >= 11 is 0. The minimum atomic E-state index is -1.44. The number of aliphatic imine (C=N–C) groups is 3. The Kier molecular flexibility index (Phi) is 36.3. The molecule has 35 nitrogen and oxygen atoms in total. The number of guanidine groups is 3. The third kappa shape index (κ3) is 29.5. The van der Waals surface area contributed by atoms with Gasteiger partial charge in [-0.2, -0.15) is 0 Å². The van der Waals surface area contributed by atoms with E-state index in [1.807, 2.05) is 0 Å². The van der Waals surface area contributed by atoms with Crippen molar-refractivity contribution in [2.45, 2.75) is 204 Å². The molecule has 1 aliphatic rings.